The van der Waals surface area contributed by atoms with Crippen LogP contribution < -0.4 is 11.5 Å². The molecule has 1 aliphatic rings. The Morgan fingerprint density at radius 3 is 2.88 bits per heavy atom. The fourth-order valence-electron chi connectivity index (χ4n) is 2.25. The molecule has 3 rings (SSSR count). The van der Waals surface area contributed by atoms with E-state index in [0.717, 1.165) is 42.3 Å². The van der Waals surface area contributed by atoms with Crippen molar-refractivity contribution in [2.75, 3.05) is 5.73 Å². The third-order valence-corrected chi connectivity index (χ3v) is 3.18. The molecule has 17 heavy (non-hydrogen) atoms. The lowest BCUT2D eigenvalue weighted by Crippen LogP contribution is -2.32. The molecule has 1 aromatic heterocycles. The zero-order valence-corrected chi connectivity index (χ0v) is 9.50. The van der Waals surface area contributed by atoms with Gasteiger partial charge in [-0.25, -0.2) is 0 Å². The van der Waals surface area contributed by atoms with E-state index in [1.165, 1.54) is 0 Å². The molecular formula is C12H15N5. The van der Waals surface area contributed by atoms with Gasteiger partial charge >= 0.3 is 0 Å². The van der Waals surface area contributed by atoms with Crippen LogP contribution in [0.15, 0.2) is 24.3 Å². The Bertz CT molecular complexity index is 546. The van der Waals surface area contributed by atoms with Crippen LogP contribution in [0.25, 0.3) is 11.4 Å². The van der Waals surface area contributed by atoms with Gasteiger partial charge in [-0.05, 0) is 18.6 Å². The normalized spacial score (nSPS) is 19.0. The first-order valence-corrected chi connectivity index (χ1v) is 5.78. The van der Waals surface area contributed by atoms with Crippen molar-refractivity contribution in [1.82, 2.24) is 14.8 Å². The van der Waals surface area contributed by atoms with Crippen LogP contribution in [0.2, 0.25) is 0 Å². The molecule has 1 aliphatic heterocycles. The van der Waals surface area contributed by atoms with Gasteiger partial charge in [-0.3, -0.25) is 0 Å². The van der Waals surface area contributed by atoms with E-state index in [2.05, 4.69) is 14.8 Å². The number of anilines is 1. The van der Waals surface area contributed by atoms with Crippen LogP contribution >= 0.6 is 0 Å². The molecule has 5 nitrogen and oxygen atoms in total. The highest BCUT2D eigenvalue weighted by molar-refractivity contribution is 5.71. The number of aryl methyl sites for hydroxylation is 1. The predicted molar refractivity (Wildman–Crippen MR) is 66.2 cm³/mol. The molecule has 2 heterocycles. The van der Waals surface area contributed by atoms with Crippen molar-refractivity contribution >= 4 is 5.69 Å². The number of benzene rings is 1. The van der Waals surface area contributed by atoms with E-state index in [1.807, 2.05) is 24.3 Å². The first-order valence-electron chi connectivity index (χ1n) is 5.78. The van der Waals surface area contributed by atoms with Crippen LogP contribution in [0, 0.1) is 0 Å². The standard InChI is InChI=1S/C12H15N5/c13-8-5-6-11-15-16-12(17(11)7-8)9-3-1-2-4-10(9)14/h1-4,8H,5-7,13-14H2. The third-order valence-electron chi connectivity index (χ3n) is 3.18. The average Bonchev–Trinajstić information content (AvgIpc) is 2.72. The molecule has 0 saturated heterocycles. The molecule has 0 amide bonds. The second kappa shape index (κ2) is 3.85. The highest BCUT2D eigenvalue weighted by atomic mass is 15.3. The molecule has 0 fully saturated rings. The summed E-state index contributed by atoms with van der Waals surface area (Å²) in [5, 5.41) is 8.45. The Hall–Kier alpha value is -1.88. The summed E-state index contributed by atoms with van der Waals surface area (Å²) in [5.41, 5.74) is 13.6. The van der Waals surface area contributed by atoms with Gasteiger partial charge in [0.1, 0.15) is 5.82 Å². The van der Waals surface area contributed by atoms with Crippen LogP contribution in [0.5, 0.6) is 0 Å². The fourth-order valence-corrected chi connectivity index (χ4v) is 2.25. The van der Waals surface area contributed by atoms with Crippen LogP contribution in [0.3, 0.4) is 0 Å². The van der Waals surface area contributed by atoms with Crippen LogP contribution in [-0.4, -0.2) is 20.8 Å². The highest BCUT2D eigenvalue weighted by Gasteiger charge is 2.21. The van der Waals surface area contributed by atoms with Crippen LogP contribution in [0.4, 0.5) is 5.69 Å². The van der Waals surface area contributed by atoms with Gasteiger partial charge in [0.15, 0.2) is 5.82 Å². The molecule has 4 N–H and O–H groups in total. The van der Waals surface area contributed by atoms with Crippen molar-refractivity contribution < 1.29 is 0 Å². The Labute approximate surface area is 99.4 Å². The number of nitrogen functional groups attached to an aromatic ring is 1. The summed E-state index contributed by atoms with van der Waals surface area (Å²) in [6, 6.07) is 7.89. The van der Waals surface area contributed by atoms with E-state index in [4.69, 9.17) is 11.5 Å². The average molecular weight is 229 g/mol. The van der Waals surface area contributed by atoms with E-state index in [9.17, 15) is 0 Å². The van der Waals surface area contributed by atoms with E-state index in [0.29, 0.717) is 0 Å². The van der Waals surface area contributed by atoms with Gasteiger partial charge in [-0.15, -0.1) is 10.2 Å². The molecule has 2 aromatic rings. The van der Waals surface area contributed by atoms with Crippen molar-refractivity contribution in [3.05, 3.63) is 30.1 Å². The number of hydrogen-bond donors (Lipinski definition) is 2. The summed E-state index contributed by atoms with van der Waals surface area (Å²) < 4.78 is 2.08. The number of para-hydroxylation sites is 1. The first-order chi connectivity index (χ1) is 8.25. The molecule has 1 unspecified atom stereocenters. The molecule has 0 aliphatic carbocycles. The van der Waals surface area contributed by atoms with Crippen molar-refractivity contribution in [3.63, 3.8) is 0 Å². The van der Waals surface area contributed by atoms with Crippen molar-refractivity contribution in [1.29, 1.82) is 0 Å². The Morgan fingerprint density at radius 1 is 1.24 bits per heavy atom. The maximum absolute atomic E-state index is 5.99. The molecular weight excluding hydrogens is 214 g/mol. The number of nitrogens with zero attached hydrogens (tertiary/aromatic N) is 3. The quantitative estimate of drug-likeness (QED) is 0.708. The zero-order valence-electron chi connectivity index (χ0n) is 9.50. The summed E-state index contributed by atoms with van der Waals surface area (Å²) >= 11 is 0. The van der Waals surface area contributed by atoms with Gasteiger partial charge in [0, 0.05) is 30.3 Å². The number of aromatic nitrogens is 3. The van der Waals surface area contributed by atoms with Crippen molar-refractivity contribution in [2.24, 2.45) is 5.73 Å². The van der Waals surface area contributed by atoms with Gasteiger partial charge in [-0.2, -0.15) is 0 Å². The lowest BCUT2D eigenvalue weighted by Gasteiger charge is -2.21. The highest BCUT2D eigenvalue weighted by Crippen LogP contribution is 2.26. The SMILES string of the molecule is Nc1ccccc1-c1nnc2n1CC(N)CC2. The van der Waals surface area contributed by atoms with Crippen LogP contribution in [-0.2, 0) is 13.0 Å². The zero-order chi connectivity index (χ0) is 11.8. The minimum Gasteiger partial charge on any atom is -0.398 e. The second-order valence-electron chi connectivity index (χ2n) is 4.44. The summed E-state index contributed by atoms with van der Waals surface area (Å²) in [6.07, 6.45) is 1.86. The molecule has 1 aromatic carbocycles. The molecule has 88 valence electrons. The Balaban J connectivity index is 2.11. The number of rotatable bonds is 1. The van der Waals surface area contributed by atoms with Crippen LogP contribution in [0.1, 0.15) is 12.2 Å². The predicted octanol–water partition coefficient (Wildman–Crippen LogP) is 0.801. The van der Waals surface area contributed by atoms with Gasteiger partial charge in [0.05, 0.1) is 0 Å². The van der Waals surface area contributed by atoms with E-state index >= 15 is 0 Å². The largest absolute Gasteiger partial charge is 0.398 e. The maximum Gasteiger partial charge on any atom is 0.166 e. The third kappa shape index (κ3) is 1.68. The topological polar surface area (TPSA) is 82.8 Å². The van der Waals surface area contributed by atoms with E-state index < -0.39 is 0 Å². The molecule has 0 spiro atoms. The molecule has 0 saturated carbocycles. The lowest BCUT2D eigenvalue weighted by molar-refractivity contribution is 0.456. The monoisotopic (exact) mass is 229 g/mol. The summed E-state index contributed by atoms with van der Waals surface area (Å²) in [6.45, 7) is 0.770. The smallest absolute Gasteiger partial charge is 0.166 e. The number of nitrogens with two attached hydrogens (primary N) is 2. The molecule has 0 bridgehead atoms. The lowest BCUT2D eigenvalue weighted by atomic mass is 10.1. The molecule has 5 heteroatoms. The molecule has 1 atom stereocenters. The maximum atomic E-state index is 5.99. The van der Waals surface area contributed by atoms with Crippen molar-refractivity contribution in [3.8, 4) is 11.4 Å². The fraction of sp³-hybridized carbons (Fsp3) is 0.333. The van der Waals surface area contributed by atoms with E-state index in [-0.39, 0.29) is 6.04 Å². The van der Waals surface area contributed by atoms with Gasteiger partial charge in [0.25, 0.3) is 0 Å². The number of fused-ring (bicyclic) bond motifs is 1. The minimum atomic E-state index is 0.183. The van der Waals surface area contributed by atoms with Crippen molar-refractivity contribution in [2.45, 2.75) is 25.4 Å². The van der Waals surface area contributed by atoms with Gasteiger partial charge in [0.2, 0.25) is 0 Å². The van der Waals surface area contributed by atoms with E-state index in [1.54, 1.807) is 0 Å². The van der Waals surface area contributed by atoms with Gasteiger partial charge in [-0.1, -0.05) is 12.1 Å². The minimum absolute atomic E-state index is 0.183. The Morgan fingerprint density at radius 2 is 2.06 bits per heavy atom. The first kappa shape index (κ1) is 10.3. The summed E-state index contributed by atoms with van der Waals surface area (Å²) in [4.78, 5) is 0. The summed E-state index contributed by atoms with van der Waals surface area (Å²) in [5.74, 6) is 1.83. The Kier molecular flexibility index (Phi) is 2.33. The second-order valence-corrected chi connectivity index (χ2v) is 4.44. The summed E-state index contributed by atoms with van der Waals surface area (Å²) in [7, 11) is 0. The molecule has 0 radical (unpaired) electrons. The van der Waals surface area contributed by atoms with Gasteiger partial charge < -0.3 is 16.0 Å². The number of hydrogen-bond acceptors (Lipinski definition) is 4.